The minimum Gasteiger partial charge on any atom is -0.495 e. The molecular weight excluding hydrogens is 377 g/mol. The second kappa shape index (κ2) is 6.25. The van der Waals surface area contributed by atoms with Gasteiger partial charge in [-0.2, -0.15) is 0 Å². The summed E-state index contributed by atoms with van der Waals surface area (Å²) in [7, 11) is 1.51. The number of methoxy groups -OCH3 is 1. The van der Waals surface area contributed by atoms with E-state index < -0.39 is 4.92 Å². The lowest BCUT2D eigenvalue weighted by atomic mass is 10.3. The molecule has 6 heteroatoms. The van der Waals surface area contributed by atoms with Crippen molar-refractivity contribution in [3.05, 3.63) is 56.1 Å². The Morgan fingerprint density at radius 3 is 2.47 bits per heavy atom. The highest BCUT2D eigenvalue weighted by molar-refractivity contribution is 14.1. The molecule has 2 aromatic carbocycles. The van der Waals surface area contributed by atoms with Crippen LogP contribution in [-0.4, -0.2) is 12.0 Å². The van der Waals surface area contributed by atoms with Gasteiger partial charge in [-0.3, -0.25) is 10.1 Å². The lowest BCUT2D eigenvalue weighted by molar-refractivity contribution is -0.385. The third-order valence-electron chi connectivity index (χ3n) is 2.40. The molecule has 0 aliphatic heterocycles. The molecule has 4 nitrogen and oxygen atoms in total. The van der Waals surface area contributed by atoms with E-state index in [2.05, 4.69) is 22.6 Å². The van der Waals surface area contributed by atoms with Crippen molar-refractivity contribution in [3.8, 4) is 5.75 Å². The van der Waals surface area contributed by atoms with Crippen molar-refractivity contribution in [1.29, 1.82) is 0 Å². The number of ether oxygens (including phenoxy) is 1. The van der Waals surface area contributed by atoms with E-state index in [1.807, 2.05) is 24.3 Å². The molecule has 19 heavy (non-hydrogen) atoms. The monoisotopic (exact) mass is 387 g/mol. The first-order chi connectivity index (χ1) is 9.10. The van der Waals surface area contributed by atoms with Gasteiger partial charge in [-0.15, -0.1) is 0 Å². The maximum Gasteiger partial charge on any atom is 0.273 e. The van der Waals surface area contributed by atoms with Crippen molar-refractivity contribution >= 4 is 40.0 Å². The fourth-order valence-electron chi connectivity index (χ4n) is 1.48. The molecule has 2 rings (SSSR count). The number of benzene rings is 2. The lowest BCUT2D eigenvalue weighted by Crippen LogP contribution is -1.91. The van der Waals surface area contributed by atoms with Gasteiger partial charge in [0.15, 0.2) is 0 Å². The van der Waals surface area contributed by atoms with Crippen LogP contribution < -0.4 is 4.74 Å². The van der Waals surface area contributed by atoms with E-state index in [4.69, 9.17) is 4.74 Å². The zero-order valence-electron chi connectivity index (χ0n) is 10.00. The Labute approximate surface area is 128 Å². The molecular formula is C13H10INO3S. The van der Waals surface area contributed by atoms with Gasteiger partial charge < -0.3 is 4.74 Å². The van der Waals surface area contributed by atoms with Crippen LogP contribution in [0.4, 0.5) is 5.69 Å². The summed E-state index contributed by atoms with van der Waals surface area (Å²) in [4.78, 5) is 12.2. The smallest absolute Gasteiger partial charge is 0.273 e. The van der Waals surface area contributed by atoms with Crippen LogP contribution in [0.2, 0.25) is 0 Å². The van der Waals surface area contributed by atoms with Gasteiger partial charge >= 0.3 is 0 Å². The normalized spacial score (nSPS) is 10.2. The van der Waals surface area contributed by atoms with Crippen LogP contribution in [0, 0.1) is 13.7 Å². The number of nitrogens with zero attached hydrogens (tertiary/aromatic N) is 1. The van der Waals surface area contributed by atoms with E-state index in [1.54, 1.807) is 6.07 Å². The molecule has 0 aliphatic carbocycles. The fourth-order valence-corrected chi connectivity index (χ4v) is 2.75. The molecule has 0 unspecified atom stereocenters. The first-order valence-electron chi connectivity index (χ1n) is 5.36. The number of halogens is 1. The van der Waals surface area contributed by atoms with Crippen molar-refractivity contribution in [2.24, 2.45) is 0 Å². The predicted octanol–water partition coefficient (Wildman–Crippen LogP) is 4.36. The molecule has 98 valence electrons. The molecule has 0 radical (unpaired) electrons. The molecule has 0 fully saturated rings. The summed E-state index contributed by atoms with van der Waals surface area (Å²) < 4.78 is 6.37. The van der Waals surface area contributed by atoms with Gasteiger partial charge in [0, 0.05) is 14.5 Å². The molecule has 0 N–H and O–H groups in total. The average Bonchev–Trinajstić information content (AvgIpc) is 2.41. The van der Waals surface area contributed by atoms with E-state index in [0.29, 0.717) is 5.75 Å². The Hall–Kier alpha value is -1.28. The maximum absolute atomic E-state index is 10.7. The summed E-state index contributed by atoms with van der Waals surface area (Å²) in [5, 5.41) is 10.7. The number of nitro benzene ring substituents is 1. The Morgan fingerprint density at radius 1 is 1.21 bits per heavy atom. The van der Waals surface area contributed by atoms with Gasteiger partial charge in [-0.05, 0) is 52.9 Å². The van der Waals surface area contributed by atoms with Crippen LogP contribution in [0.15, 0.2) is 52.3 Å². The number of hydrogen-bond donors (Lipinski definition) is 0. The number of non-ortho nitro benzene ring substituents is 1. The molecule has 0 saturated heterocycles. The average molecular weight is 387 g/mol. The van der Waals surface area contributed by atoms with Gasteiger partial charge in [0.1, 0.15) is 5.75 Å². The minimum atomic E-state index is -0.429. The molecule has 0 saturated carbocycles. The highest BCUT2D eigenvalue weighted by Gasteiger charge is 2.12. The summed E-state index contributed by atoms with van der Waals surface area (Å²) in [5.41, 5.74) is 0.0313. The summed E-state index contributed by atoms with van der Waals surface area (Å²) in [5.74, 6) is 0.512. The highest BCUT2D eigenvalue weighted by atomic mass is 127. The molecule has 0 spiro atoms. The largest absolute Gasteiger partial charge is 0.495 e. The van der Waals surface area contributed by atoms with Gasteiger partial charge in [-0.25, -0.2) is 0 Å². The van der Waals surface area contributed by atoms with E-state index in [1.165, 1.54) is 31.0 Å². The van der Waals surface area contributed by atoms with Crippen LogP contribution >= 0.6 is 34.4 Å². The second-order valence-electron chi connectivity index (χ2n) is 3.65. The first-order valence-corrected chi connectivity index (χ1v) is 7.25. The molecule has 0 bridgehead atoms. The fraction of sp³-hybridized carbons (Fsp3) is 0.0769. The molecule has 0 aromatic heterocycles. The van der Waals surface area contributed by atoms with Gasteiger partial charge in [-0.1, -0.05) is 11.8 Å². The molecule has 2 aromatic rings. The molecule has 0 heterocycles. The molecule has 0 amide bonds. The van der Waals surface area contributed by atoms with Crippen LogP contribution in [0.25, 0.3) is 0 Å². The second-order valence-corrected chi connectivity index (χ2v) is 6.01. The van der Waals surface area contributed by atoms with E-state index in [-0.39, 0.29) is 5.69 Å². The summed E-state index contributed by atoms with van der Waals surface area (Å²) in [6, 6.07) is 12.7. The van der Waals surface area contributed by atoms with Crippen molar-refractivity contribution < 1.29 is 9.66 Å². The number of nitro groups is 1. The Kier molecular flexibility index (Phi) is 4.65. The van der Waals surface area contributed by atoms with Crippen molar-refractivity contribution in [2.75, 3.05) is 7.11 Å². The summed E-state index contributed by atoms with van der Waals surface area (Å²) in [6.07, 6.45) is 0. The zero-order chi connectivity index (χ0) is 13.8. The Balaban J connectivity index is 2.29. The van der Waals surface area contributed by atoms with Gasteiger partial charge in [0.2, 0.25) is 0 Å². The van der Waals surface area contributed by atoms with Gasteiger partial charge in [0.25, 0.3) is 5.69 Å². The third-order valence-corrected chi connectivity index (χ3v) is 4.18. The van der Waals surface area contributed by atoms with E-state index in [9.17, 15) is 10.1 Å². The number of hydrogen-bond acceptors (Lipinski definition) is 4. The van der Waals surface area contributed by atoms with Crippen molar-refractivity contribution in [3.63, 3.8) is 0 Å². The quantitative estimate of drug-likeness (QED) is 0.445. The van der Waals surface area contributed by atoms with Crippen LogP contribution in [0.1, 0.15) is 0 Å². The minimum absolute atomic E-state index is 0.0313. The van der Waals surface area contributed by atoms with Gasteiger partial charge in [0.05, 0.1) is 23.0 Å². The first kappa shape index (κ1) is 14.1. The Morgan fingerprint density at radius 2 is 1.89 bits per heavy atom. The van der Waals surface area contributed by atoms with Crippen LogP contribution in [-0.2, 0) is 0 Å². The van der Waals surface area contributed by atoms with Crippen LogP contribution in [0.3, 0.4) is 0 Å². The SMILES string of the molecule is COc1cc([N+](=O)[O-])ccc1Sc1ccc(I)cc1. The van der Waals surface area contributed by atoms with Crippen molar-refractivity contribution in [2.45, 2.75) is 9.79 Å². The number of rotatable bonds is 4. The van der Waals surface area contributed by atoms with E-state index in [0.717, 1.165) is 13.4 Å². The lowest BCUT2D eigenvalue weighted by Gasteiger charge is -2.07. The molecule has 0 atom stereocenters. The summed E-state index contributed by atoms with van der Waals surface area (Å²) in [6.45, 7) is 0. The van der Waals surface area contributed by atoms with Crippen molar-refractivity contribution in [1.82, 2.24) is 0 Å². The zero-order valence-corrected chi connectivity index (χ0v) is 13.0. The summed E-state index contributed by atoms with van der Waals surface area (Å²) >= 11 is 3.76. The Bertz CT molecular complexity index is 601. The standard InChI is InChI=1S/C13H10INO3S/c1-18-12-8-10(15(16)17)4-7-13(12)19-11-5-2-9(14)3-6-11/h2-8H,1H3. The van der Waals surface area contributed by atoms with E-state index >= 15 is 0 Å². The molecule has 0 aliphatic rings. The van der Waals surface area contributed by atoms with Crippen LogP contribution in [0.5, 0.6) is 5.75 Å². The third kappa shape index (κ3) is 3.60. The topological polar surface area (TPSA) is 52.4 Å². The highest BCUT2D eigenvalue weighted by Crippen LogP contribution is 2.37. The maximum atomic E-state index is 10.7. The predicted molar refractivity (Wildman–Crippen MR) is 82.9 cm³/mol.